The Hall–Kier alpha value is -2.02. The number of nitrogens with one attached hydrogen (secondary N) is 1. The fourth-order valence-electron chi connectivity index (χ4n) is 2.40. The molecule has 24 heavy (non-hydrogen) atoms. The molecule has 1 N–H and O–H groups in total. The first-order valence-electron chi connectivity index (χ1n) is 8.43. The number of carbonyl (C=O) groups is 2. The number of methoxy groups -OCH3 is 1. The van der Waals surface area contributed by atoms with Crippen molar-refractivity contribution in [3.63, 3.8) is 0 Å². The Morgan fingerprint density at radius 1 is 1.25 bits per heavy atom. The van der Waals surface area contributed by atoms with Gasteiger partial charge >= 0.3 is 6.03 Å². The molecule has 0 spiro atoms. The summed E-state index contributed by atoms with van der Waals surface area (Å²) < 4.78 is 7.10. The maximum atomic E-state index is 12.7. The molecular formula is C17H30N4O3. The Labute approximate surface area is 144 Å². The van der Waals surface area contributed by atoms with Crippen molar-refractivity contribution >= 4 is 11.9 Å². The van der Waals surface area contributed by atoms with Gasteiger partial charge in [0.15, 0.2) is 0 Å². The largest absolute Gasteiger partial charge is 0.383 e. The molecule has 7 heteroatoms. The molecule has 0 aliphatic heterocycles. The van der Waals surface area contributed by atoms with E-state index < -0.39 is 0 Å². The van der Waals surface area contributed by atoms with Gasteiger partial charge in [0.05, 0.1) is 13.2 Å². The maximum absolute atomic E-state index is 12.7. The molecule has 1 rings (SSSR count). The first kappa shape index (κ1) is 20.0. The molecule has 136 valence electrons. The molecule has 0 bridgehead atoms. The molecular weight excluding hydrogens is 308 g/mol. The number of ether oxygens (including phenoxy) is 1. The molecule has 0 saturated carbocycles. The molecule has 0 aliphatic carbocycles. The van der Waals surface area contributed by atoms with Crippen molar-refractivity contribution in [2.24, 2.45) is 7.05 Å². The van der Waals surface area contributed by atoms with Crippen LogP contribution >= 0.6 is 0 Å². The lowest BCUT2D eigenvalue weighted by atomic mass is 10.3. The smallest absolute Gasteiger partial charge is 0.317 e. The van der Waals surface area contributed by atoms with Crippen molar-refractivity contribution in [3.05, 3.63) is 24.0 Å². The fraction of sp³-hybridized carbons (Fsp3) is 0.647. The lowest BCUT2D eigenvalue weighted by Gasteiger charge is -2.27. The lowest BCUT2D eigenvalue weighted by Crippen LogP contribution is -2.47. The molecule has 0 saturated heterocycles. The summed E-state index contributed by atoms with van der Waals surface area (Å²) >= 11 is 0. The highest BCUT2D eigenvalue weighted by molar-refractivity contribution is 5.84. The molecule has 0 unspecified atom stereocenters. The van der Waals surface area contributed by atoms with Crippen molar-refractivity contribution in [1.29, 1.82) is 0 Å². The molecule has 0 aromatic carbocycles. The van der Waals surface area contributed by atoms with Crippen LogP contribution in [0, 0.1) is 0 Å². The second-order valence-electron chi connectivity index (χ2n) is 5.68. The van der Waals surface area contributed by atoms with Crippen LogP contribution in [0.5, 0.6) is 0 Å². The molecule has 0 fully saturated rings. The van der Waals surface area contributed by atoms with E-state index in [0.717, 1.165) is 12.1 Å². The summed E-state index contributed by atoms with van der Waals surface area (Å²) in [5, 5.41) is 2.76. The zero-order valence-corrected chi connectivity index (χ0v) is 15.2. The Morgan fingerprint density at radius 2 is 2.00 bits per heavy atom. The molecule has 7 nitrogen and oxygen atoms in total. The van der Waals surface area contributed by atoms with Crippen molar-refractivity contribution in [1.82, 2.24) is 19.7 Å². The first-order chi connectivity index (χ1) is 11.5. The average molecular weight is 338 g/mol. The number of aromatic nitrogens is 1. The van der Waals surface area contributed by atoms with E-state index in [4.69, 9.17) is 4.74 Å². The average Bonchev–Trinajstić information content (AvgIpc) is 2.96. The van der Waals surface area contributed by atoms with Crippen molar-refractivity contribution in [3.8, 4) is 0 Å². The van der Waals surface area contributed by atoms with Crippen LogP contribution in [0.4, 0.5) is 4.79 Å². The van der Waals surface area contributed by atoms with E-state index in [0.29, 0.717) is 32.8 Å². The van der Waals surface area contributed by atoms with E-state index in [9.17, 15) is 9.59 Å². The Balaban J connectivity index is 2.77. The van der Waals surface area contributed by atoms with Crippen molar-refractivity contribution in [2.45, 2.75) is 26.8 Å². The van der Waals surface area contributed by atoms with Gasteiger partial charge < -0.3 is 24.4 Å². The number of amides is 3. The van der Waals surface area contributed by atoms with E-state index >= 15 is 0 Å². The SMILES string of the molecule is CCCN(CC(=O)N(CCOC)Cc1cccn1C)C(=O)NCC. The Kier molecular flexibility index (Phi) is 8.93. The molecule has 1 aromatic heterocycles. The number of carbonyl (C=O) groups excluding carboxylic acids is 2. The van der Waals surface area contributed by atoms with Gasteiger partial charge in [-0.3, -0.25) is 4.79 Å². The maximum Gasteiger partial charge on any atom is 0.317 e. The zero-order chi connectivity index (χ0) is 17.9. The first-order valence-corrected chi connectivity index (χ1v) is 8.43. The summed E-state index contributed by atoms with van der Waals surface area (Å²) in [7, 11) is 3.57. The number of hydrogen-bond donors (Lipinski definition) is 1. The third-order valence-electron chi connectivity index (χ3n) is 3.76. The number of nitrogens with zero attached hydrogens (tertiary/aromatic N) is 3. The third-order valence-corrected chi connectivity index (χ3v) is 3.76. The standard InChI is InChI=1S/C17H30N4O3/c1-5-9-21(17(23)18-6-2)14-16(22)20(11-12-24-4)13-15-8-7-10-19(15)3/h7-8,10H,5-6,9,11-14H2,1-4H3,(H,18,23). The topological polar surface area (TPSA) is 66.8 Å². The minimum Gasteiger partial charge on any atom is -0.383 e. The van der Waals surface area contributed by atoms with Gasteiger partial charge in [-0.05, 0) is 25.5 Å². The van der Waals surface area contributed by atoms with Crippen LogP contribution in [0.15, 0.2) is 18.3 Å². The molecule has 0 radical (unpaired) electrons. The normalized spacial score (nSPS) is 10.5. The summed E-state index contributed by atoms with van der Waals surface area (Å²) in [6, 6.07) is 3.74. The minimum atomic E-state index is -0.196. The highest BCUT2D eigenvalue weighted by atomic mass is 16.5. The summed E-state index contributed by atoms with van der Waals surface area (Å²) in [5.74, 6) is -0.0760. The van der Waals surface area contributed by atoms with Crippen molar-refractivity contribution < 1.29 is 14.3 Å². The quantitative estimate of drug-likeness (QED) is 0.702. The second-order valence-corrected chi connectivity index (χ2v) is 5.68. The molecule has 1 heterocycles. The zero-order valence-electron chi connectivity index (χ0n) is 15.2. The van der Waals surface area contributed by atoms with Gasteiger partial charge in [0.1, 0.15) is 6.54 Å². The van der Waals surface area contributed by atoms with Crippen LogP contribution in [0.2, 0.25) is 0 Å². The van der Waals surface area contributed by atoms with Gasteiger partial charge in [-0.1, -0.05) is 6.92 Å². The van der Waals surface area contributed by atoms with Crippen LogP contribution in [-0.2, 0) is 23.1 Å². The fourth-order valence-corrected chi connectivity index (χ4v) is 2.40. The van der Waals surface area contributed by atoms with Gasteiger partial charge in [0.2, 0.25) is 5.91 Å². The van der Waals surface area contributed by atoms with Gasteiger partial charge in [0.25, 0.3) is 0 Å². The Morgan fingerprint density at radius 3 is 2.54 bits per heavy atom. The lowest BCUT2D eigenvalue weighted by molar-refractivity contribution is -0.133. The van der Waals surface area contributed by atoms with Gasteiger partial charge in [0, 0.05) is 45.7 Å². The second kappa shape index (κ2) is 10.7. The predicted molar refractivity (Wildman–Crippen MR) is 93.6 cm³/mol. The van der Waals surface area contributed by atoms with E-state index in [2.05, 4.69) is 5.32 Å². The van der Waals surface area contributed by atoms with E-state index in [-0.39, 0.29) is 18.5 Å². The summed E-state index contributed by atoms with van der Waals surface area (Å²) in [6.45, 7) is 6.49. The molecule has 3 amide bonds. The van der Waals surface area contributed by atoms with Crippen LogP contribution < -0.4 is 5.32 Å². The minimum absolute atomic E-state index is 0.0760. The van der Waals surface area contributed by atoms with Gasteiger partial charge in [-0.25, -0.2) is 4.79 Å². The monoisotopic (exact) mass is 338 g/mol. The van der Waals surface area contributed by atoms with Crippen LogP contribution in [0.3, 0.4) is 0 Å². The highest BCUT2D eigenvalue weighted by Gasteiger charge is 2.21. The van der Waals surface area contributed by atoms with E-state index in [1.165, 1.54) is 0 Å². The van der Waals surface area contributed by atoms with Crippen LogP contribution in [-0.4, -0.2) is 66.2 Å². The van der Waals surface area contributed by atoms with Crippen molar-refractivity contribution in [2.75, 3.05) is 39.9 Å². The molecule has 0 aliphatic rings. The van der Waals surface area contributed by atoms with E-state index in [1.54, 1.807) is 16.9 Å². The summed E-state index contributed by atoms with van der Waals surface area (Å²) in [6.07, 6.45) is 2.76. The van der Waals surface area contributed by atoms with Crippen LogP contribution in [0.1, 0.15) is 26.0 Å². The highest BCUT2D eigenvalue weighted by Crippen LogP contribution is 2.07. The third kappa shape index (κ3) is 6.23. The van der Waals surface area contributed by atoms with Gasteiger partial charge in [-0.15, -0.1) is 0 Å². The number of urea groups is 1. The summed E-state index contributed by atoms with van der Waals surface area (Å²) in [4.78, 5) is 28.1. The Bertz CT molecular complexity index is 516. The summed E-state index contributed by atoms with van der Waals surface area (Å²) in [5.41, 5.74) is 1.04. The number of rotatable bonds is 10. The van der Waals surface area contributed by atoms with E-state index in [1.807, 2.05) is 43.8 Å². The molecule has 1 aromatic rings. The molecule has 0 atom stereocenters. The van der Waals surface area contributed by atoms with Crippen LogP contribution in [0.25, 0.3) is 0 Å². The van der Waals surface area contributed by atoms with Gasteiger partial charge in [-0.2, -0.15) is 0 Å². The predicted octanol–water partition coefficient (Wildman–Crippen LogP) is 1.44. The number of aryl methyl sites for hydroxylation is 1. The number of hydrogen-bond acceptors (Lipinski definition) is 3.